The van der Waals surface area contributed by atoms with E-state index in [9.17, 15) is 18.0 Å². The van der Waals surface area contributed by atoms with Crippen molar-refractivity contribution in [3.8, 4) is 22.4 Å². The Bertz CT molecular complexity index is 912. The van der Waals surface area contributed by atoms with Gasteiger partial charge in [0.2, 0.25) is 5.91 Å². The molecule has 0 saturated heterocycles. The summed E-state index contributed by atoms with van der Waals surface area (Å²) in [4.78, 5) is 23.3. The molecule has 2 N–H and O–H groups in total. The van der Waals surface area contributed by atoms with E-state index < -0.39 is 17.8 Å². The number of aromatic nitrogens is 3. The summed E-state index contributed by atoms with van der Waals surface area (Å²) in [6.07, 6.45) is -1.16. The molecule has 8 heteroatoms. The van der Waals surface area contributed by atoms with Crippen molar-refractivity contribution in [2.45, 2.75) is 6.18 Å². The number of nitrogens with zero attached hydrogens (tertiary/aromatic N) is 3. The summed E-state index contributed by atoms with van der Waals surface area (Å²) < 4.78 is 40.4. The average molecular weight is 344 g/mol. The van der Waals surface area contributed by atoms with Crippen LogP contribution in [-0.2, 0) is 6.18 Å². The number of primary amides is 1. The van der Waals surface area contributed by atoms with Crippen LogP contribution >= 0.6 is 0 Å². The maximum atomic E-state index is 13.5. The molecule has 1 amide bonds. The Hall–Kier alpha value is -3.29. The topological polar surface area (TPSA) is 81.8 Å². The van der Waals surface area contributed by atoms with E-state index in [0.29, 0.717) is 0 Å². The second kappa shape index (κ2) is 6.31. The lowest BCUT2D eigenvalue weighted by atomic mass is 9.93. The van der Waals surface area contributed by atoms with Gasteiger partial charge in [0.15, 0.2) is 5.69 Å². The van der Waals surface area contributed by atoms with E-state index in [0.717, 1.165) is 6.20 Å². The molecule has 0 aliphatic heterocycles. The van der Waals surface area contributed by atoms with Crippen molar-refractivity contribution in [2.75, 3.05) is 0 Å². The quantitative estimate of drug-likeness (QED) is 0.790. The van der Waals surface area contributed by atoms with Gasteiger partial charge in [-0.2, -0.15) is 13.2 Å². The van der Waals surface area contributed by atoms with Crippen LogP contribution in [0.1, 0.15) is 16.1 Å². The summed E-state index contributed by atoms with van der Waals surface area (Å²) in [5.41, 5.74) is 4.15. The largest absolute Gasteiger partial charge is 0.433 e. The van der Waals surface area contributed by atoms with Gasteiger partial charge in [0, 0.05) is 23.5 Å². The van der Waals surface area contributed by atoms with Crippen LogP contribution in [0.15, 0.2) is 55.1 Å². The molecule has 3 aromatic rings. The van der Waals surface area contributed by atoms with Gasteiger partial charge in [0.25, 0.3) is 0 Å². The van der Waals surface area contributed by atoms with Gasteiger partial charge < -0.3 is 5.73 Å². The Labute approximate surface area is 140 Å². The van der Waals surface area contributed by atoms with Crippen molar-refractivity contribution >= 4 is 5.91 Å². The van der Waals surface area contributed by atoms with Crippen LogP contribution in [0.4, 0.5) is 13.2 Å². The number of hydrogen-bond acceptors (Lipinski definition) is 4. The fourth-order valence-electron chi connectivity index (χ4n) is 2.51. The number of benzene rings is 1. The molecule has 126 valence electrons. The summed E-state index contributed by atoms with van der Waals surface area (Å²) in [5.74, 6) is -1.000. The van der Waals surface area contributed by atoms with Gasteiger partial charge in [-0.25, -0.2) is 9.97 Å². The van der Waals surface area contributed by atoms with Crippen LogP contribution in [-0.4, -0.2) is 20.9 Å². The number of carbonyl (C=O) groups excluding carboxylic acids is 1. The van der Waals surface area contributed by atoms with Gasteiger partial charge in [0.05, 0.1) is 11.3 Å². The molecule has 0 bridgehead atoms. The van der Waals surface area contributed by atoms with E-state index in [2.05, 4.69) is 15.0 Å². The second-order valence-electron chi connectivity index (χ2n) is 5.09. The highest BCUT2D eigenvalue weighted by atomic mass is 19.4. The fraction of sp³-hybridized carbons (Fsp3) is 0.0588. The van der Waals surface area contributed by atoms with E-state index in [1.807, 2.05) is 0 Å². The monoisotopic (exact) mass is 344 g/mol. The predicted molar refractivity (Wildman–Crippen MR) is 84.2 cm³/mol. The number of rotatable bonds is 3. The average Bonchev–Trinajstić information content (AvgIpc) is 2.61. The zero-order valence-corrected chi connectivity index (χ0v) is 12.7. The van der Waals surface area contributed by atoms with Crippen molar-refractivity contribution in [3.63, 3.8) is 0 Å². The summed E-state index contributed by atoms with van der Waals surface area (Å²) >= 11 is 0. The molecular formula is C17H11F3N4O. The van der Waals surface area contributed by atoms with Gasteiger partial charge in [-0.3, -0.25) is 9.78 Å². The lowest BCUT2D eigenvalue weighted by molar-refractivity contribution is -0.140. The zero-order chi connectivity index (χ0) is 18.0. The number of nitrogens with two attached hydrogens (primary N) is 1. The maximum Gasteiger partial charge on any atom is 0.433 e. The first-order valence-corrected chi connectivity index (χ1v) is 7.11. The van der Waals surface area contributed by atoms with E-state index in [4.69, 9.17) is 5.73 Å². The lowest BCUT2D eigenvalue weighted by Gasteiger charge is -2.17. The van der Waals surface area contributed by atoms with Crippen LogP contribution in [0.3, 0.4) is 0 Å². The zero-order valence-electron chi connectivity index (χ0n) is 12.7. The van der Waals surface area contributed by atoms with Crippen molar-refractivity contribution in [2.24, 2.45) is 5.73 Å². The van der Waals surface area contributed by atoms with Crippen LogP contribution in [0, 0.1) is 0 Å². The molecule has 2 heterocycles. The van der Waals surface area contributed by atoms with Crippen LogP contribution in [0.25, 0.3) is 22.4 Å². The van der Waals surface area contributed by atoms with Crippen molar-refractivity contribution < 1.29 is 18.0 Å². The highest BCUT2D eigenvalue weighted by molar-refractivity contribution is 6.06. The number of carbonyl (C=O) groups is 1. The molecular weight excluding hydrogens is 333 g/mol. The van der Waals surface area contributed by atoms with Gasteiger partial charge in [-0.05, 0) is 11.6 Å². The maximum absolute atomic E-state index is 13.5. The number of halogens is 3. The number of alkyl halides is 3. The third-order valence-electron chi connectivity index (χ3n) is 3.51. The Morgan fingerprint density at radius 3 is 2.32 bits per heavy atom. The highest BCUT2D eigenvalue weighted by Crippen LogP contribution is 2.40. The fourth-order valence-corrected chi connectivity index (χ4v) is 2.51. The molecule has 1 aromatic carbocycles. The Morgan fingerprint density at radius 2 is 1.76 bits per heavy atom. The van der Waals surface area contributed by atoms with Crippen molar-refractivity contribution in [3.05, 3.63) is 66.4 Å². The Kier molecular flexibility index (Phi) is 4.18. The molecule has 3 rings (SSSR count). The molecule has 0 unspecified atom stereocenters. The minimum Gasteiger partial charge on any atom is -0.366 e. The van der Waals surface area contributed by atoms with E-state index >= 15 is 0 Å². The lowest BCUT2D eigenvalue weighted by Crippen LogP contribution is -2.19. The molecule has 25 heavy (non-hydrogen) atoms. The molecule has 2 aromatic heterocycles. The Morgan fingerprint density at radius 1 is 1.04 bits per heavy atom. The Balaban J connectivity index is 2.41. The molecule has 0 aliphatic carbocycles. The predicted octanol–water partition coefficient (Wildman–Crippen LogP) is 3.32. The van der Waals surface area contributed by atoms with Crippen LogP contribution < -0.4 is 5.73 Å². The van der Waals surface area contributed by atoms with Gasteiger partial charge in [-0.1, -0.05) is 30.3 Å². The molecule has 0 fully saturated rings. The summed E-state index contributed by atoms with van der Waals surface area (Å²) in [6.45, 7) is 0. The molecule has 0 atom stereocenters. The van der Waals surface area contributed by atoms with Gasteiger partial charge in [-0.15, -0.1) is 0 Å². The first kappa shape index (κ1) is 16.6. The van der Waals surface area contributed by atoms with Crippen molar-refractivity contribution in [1.29, 1.82) is 0 Å². The minimum absolute atomic E-state index is 0.113. The van der Waals surface area contributed by atoms with Gasteiger partial charge in [0.1, 0.15) is 6.33 Å². The number of amides is 1. The highest BCUT2D eigenvalue weighted by Gasteiger charge is 2.38. The molecule has 0 aliphatic rings. The molecule has 5 nitrogen and oxygen atoms in total. The first-order chi connectivity index (χ1) is 11.9. The summed E-state index contributed by atoms with van der Waals surface area (Å²) in [7, 11) is 0. The number of hydrogen-bond donors (Lipinski definition) is 1. The smallest absolute Gasteiger partial charge is 0.366 e. The first-order valence-electron chi connectivity index (χ1n) is 7.11. The van der Waals surface area contributed by atoms with Crippen LogP contribution in [0.5, 0.6) is 0 Å². The van der Waals surface area contributed by atoms with E-state index in [-0.39, 0.29) is 27.9 Å². The third-order valence-corrected chi connectivity index (χ3v) is 3.51. The SMILES string of the molecule is NC(=O)c1c(-c2ccncn2)cnc(C(F)(F)F)c1-c1ccccc1. The second-order valence-corrected chi connectivity index (χ2v) is 5.09. The molecule has 0 spiro atoms. The molecule has 0 saturated carbocycles. The van der Waals surface area contributed by atoms with E-state index in [1.54, 1.807) is 18.2 Å². The van der Waals surface area contributed by atoms with Crippen LogP contribution in [0.2, 0.25) is 0 Å². The standard InChI is InChI=1S/C17H11F3N4O/c18-17(19,20)15-13(10-4-2-1-3-5-10)14(16(21)25)11(8-23-15)12-6-7-22-9-24-12/h1-9H,(H2,21,25). The van der Waals surface area contributed by atoms with Gasteiger partial charge >= 0.3 is 6.18 Å². The summed E-state index contributed by atoms with van der Waals surface area (Å²) in [5, 5.41) is 0. The molecule has 0 radical (unpaired) electrons. The van der Waals surface area contributed by atoms with E-state index in [1.165, 1.54) is 30.7 Å². The number of pyridine rings is 1. The third kappa shape index (κ3) is 3.18. The minimum atomic E-state index is -4.75. The van der Waals surface area contributed by atoms with Crippen molar-refractivity contribution in [1.82, 2.24) is 15.0 Å². The normalized spacial score (nSPS) is 11.3. The summed E-state index contributed by atoms with van der Waals surface area (Å²) in [6, 6.07) is 9.17.